The molecule has 6 aromatic rings. The summed E-state index contributed by atoms with van der Waals surface area (Å²) in [6, 6.07) is 17.9. The van der Waals surface area contributed by atoms with Gasteiger partial charge in [0.1, 0.15) is 24.7 Å². The van der Waals surface area contributed by atoms with Crippen molar-refractivity contribution >= 4 is 88.5 Å². The maximum Gasteiger partial charge on any atom is 0.416 e. The number of rotatable bonds is 14. The molecule has 2 aromatic heterocycles. The Morgan fingerprint density at radius 1 is 0.634 bits per heavy atom. The lowest BCUT2D eigenvalue weighted by atomic mass is 10.1. The molecule has 2 saturated heterocycles. The van der Waals surface area contributed by atoms with Gasteiger partial charge in [-0.05, 0) is 99.5 Å². The van der Waals surface area contributed by atoms with Gasteiger partial charge in [-0.25, -0.2) is 9.97 Å². The summed E-state index contributed by atoms with van der Waals surface area (Å²) in [4.78, 5) is 40.6. The van der Waals surface area contributed by atoms with E-state index in [-0.39, 0.29) is 43.0 Å². The quantitative estimate of drug-likeness (QED) is 0.0826. The number of anilines is 2. The van der Waals surface area contributed by atoms with Crippen LogP contribution < -0.4 is 19.3 Å². The molecule has 0 unspecified atom stereocenters. The van der Waals surface area contributed by atoms with Crippen LogP contribution in [0.4, 0.5) is 36.6 Å². The van der Waals surface area contributed by atoms with E-state index in [9.17, 15) is 35.9 Å². The number of nitrogens with zero attached hydrogens (tertiary/aromatic N) is 6. The smallest absolute Gasteiger partial charge is 0.416 e. The van der Waals surface area contributed by atoms with Crippen LogP contribution in [0.5, 0.6) is 11.5 Å². The van der Waals surface area contributed by atoms with Gasteiger partial charge in [0.25, 0.3) is 0 Å². The number of carboxylic acid groups (broad SMARTS) is 1. The fourth-order valence-corrected chi connectivity index (χ4v) is 11.7. The van der Waals surface area contributed by atoms with E-state index < -0.39 is 29.4 Å². The number of carboxylic acids is 1. The number of hydrogen-bond donors (Lipinski definition) is 1. The second-order valence-electron chi connectivity index (χ2n) is 17.6. The molecule has 22 heteroatoms. The monoisotopic (exact) mass is 1070 g/mol. The van der Waals surface area contributed by atoms with Gasteiger partial charge in [-0.15, -0.1) is 0 Å². The summed E-state index contributed by atoms with van der Waals surface area (Å²) in [5, 5.41) is 11.3. The van der Waals surface area contributed by atoms with Crippen LogP contribution in [0, 0.1) is 0 Å². The Bertz CT molecular complexity index is 2810. The molecule has 4 heterocycles. The number of carbonyl (C=O) groups is 2. The summed E-state index contributed by atoms with van der Waals surface area (Å²) in [6.45, 7) is 13.4. The van der Waals surface area contributed by atoms with Crippen LogP contribution in [0.2, 0.25) is 10.0 Å². The van der Waals surface area contributed by atoms with Crippen LogP contribution >= 0.6 is 45.9 Å². The first kappa shape index (κ1) is 53.7. The minimum atomic E-state index is -4.38. The van der Waals surface area contributed by atoms with Crippen LogP contribution in [0.3, 0.4) is 0 Å². The van der Waals surface area contributed by atoms with Gasteiger partial charge < -0.3 is 29.1 Å². The van der Waals surface area contributed by atoms with Crippen molar-refractivity contribution in [2.75, 3.05) is 69.4 Å². The molecule has 4 atom stereocenters. The maximum atomic E-state index is 13.1. The second-order valence-corrected chi connectivity index (χ2v) is 20.5. The number of aliphatic carboxylic acids is 1. The Hall–Kier alpha value is -5.12. The Labute approximate surface area is 424 Å². The minimum absolute atomic E-state index is 0.101. The Morgan fingerprint density at radius 2 is 1.03 bits per heavy atom. The zero-order valence-electron chi connectivity index (χ0n) is 39.3. The predicted molar refractivity (Wildman–Crippen MR) is 266 cm³/mol. The molecule has 8 rings (SSSR count). The van der Waals surface area contributed by atoms with Crippen LogP contribution in [-0.4, -0.2) is 121 Å². The van der Waals surface area contributed by atoms with Crippen LogP contribution in [0.25, 0.3) is 20.4 Å². The lowest BCUT2D eigenvalue weighted by Crippen LogP contribution is -2.57. The summed E-state index contributed by atoms with van der Waals surface area (Å²) in [6.07, 6.45) is -8.72. The van der Waals surface area contributed by atoms with Gasteiger partial charge in [0.15, 0.2) is 10.3 Å². The van der Waals surface area contributed by atoms with Gasteiger partial charge in [-0.3, -0.25) is 19.4 Å². The van der Waals surface area contributed by atoms with Gasteiger partial charge in [0, 0.05) is 63.4 Å². The van der Waals surface area contributed by atoms with Crippen molar-refractivity contribution in [1.29, 1.82) is 0 Å². The highest BCUT2D eigenvalue weighted by molar-refractivity contribution is 7.22. The zero-order valence-corrected chi connectivity index (χ0v) is 42.5. The third-order valence-corrected chi connectivity index (χ3v) is 14.8. The number of thiazole rings is 2. The van der Waals surface area contributed by atoms with E-state index in [2.05, 4.69) is 57.3 Å². The molecule has 0 saturated carbocycles. The number of methoxy groups -OCH3 is 1. The lowest BCUT2D eigenvalue weighted by Gasteiger charge is -2.44. The van der Waals surface area contributed by atoms with Crippen molar-refractivity contribution in [3.63, 3.8) is 0 Å². The molecular weight excluding hydrogens is 1020 g/mol. The number of aromatic nitrogens is 2. The summed E-state index contributed by atoms with van der Waals surface area (Å²) in [5.74, 6) is -0.283. The molecule has 0 amide bonds. The van der Waals surface area contributed by atoms with Crippen molar-refractivity contribution in [1.82, 2.24) is 19.8 Å². The fourth-order valence-electron chi connectivity index (χ4n) is 8.90. The van der Waals surface area contributed by atoms with Crippen molar-refractivity contribution in [3.8, 4) is 11.5 Å². The second kappa shape index (κ2) is 22.7. The van der Waals surface area contributed by atoms with Crippen molar-refractivity contribution < 1.29 is 55.2 Å². The largest absolute Gasteiger partial charge is 0.491 e. The molecule has 1 N–H and O–H groups in total. The summed E-state index contributed by atoms with van der Waals surface area (Å²) in [5.41, 5.74) is 1.19. The topological polar surface area (TPSA) is 121 Å². The first-order chi connectivity index (χ1) is 33.6. The van der Waals surface area contributed by atoms with Crippen molar-refractivity contribution in [3.05, 3.63) is 105 Å². The van der Waals surface area contributed by atoms with Gasteiger partial charge >= 0.3 is 24.3 Å². The van der Waals surface area contributed by atoms with Crippen LogP contribution in [0.15, 0.2) is 72.8 Å². The molecule has 382 valence electrons. The normalized spacial score (nSPS) is 19.2. The van der Waals surface area contributed by atoms with Crippen molar-refractivity contribution in [2.45, 2.75) is 77.1 Å². The van der Waals surface area contributed by atoms with Crippen LogP contribution in [-0.2, 0) is 39.5 Å². The maximum absolute atomic E-state index is 13.1. The van der Waals surface area contributed by atoms with Gasteiger partial charge in [0.05, 0.1) is 61.6 Å². The molecule has 4 aromatic carbocycles. The number of piperazine rings is 2. The molecule has 0 bridgehead atoms. The van der Waals surface area contributed by atoms with E-state index >= 15 is 0 Å². The Balaban J connectivity index is 0.000000209. The number of fused-ring (bicyclic) bond motifs is 2. The van der Waals surface area contributed by atoms with Gasteiger partial charge in [-0.2, -0.15) is 26.3 Å². The fraction of sp³-hybridized carbons (Fsp3) is 0.429. The highest BCUT2D eigenvalue weighted by Crippen LogP contribution is 2.39. The van der Waals surface area contributed by atoms with Gasteiger partial charge in [-0.1, -0.05) is 58.0 Å². The van der Waals surface area contributed by atoms with Gasteiger partial charge in [0.2, 0.25) is 0 Å². The molecular formula is C49H52Cl2F6N6O6S2. The number of benzene rings is 4. The van der Waals surface area contributed by atoms with Crippen molar-refractivity contribution in [2.24, 2.45) is 0 Å². The first-order valence-corrected chi connectivity index (χ1v) is 25.0. The third kappa shape index (κ3) is 13.7. The van der Waals surface area contributed by atoms with E-state index in [0.717, 1.165) is 60.2 Å². The number of hydrogen-bond acceptors (Lipinski definition) is 13. The zero-order chi connectivity index (χ0) is 51.4. The number of ether oxygens (including phenoxy) is 3. The molecule has 0 aliphatic carbocycles. The predicted octanol–water partition coefficient (Wildman–Crippen LogP) is 11.2. The molecule has 0 spiro atoms. The summed E-state index contributed by atoms with van der Waals surface area (Å²) >= 11 is 15.0. The number of esters is 1. The summed E-state index contributed by atoms with van der Waals surface area (Å²) < 4.78 is 96.0. The minimum Gasteiger partial charge on any atom is -0.491 e. The van der Waals surface area contributed by atoms with E-state index in [0.29, 0.717) is 73.8 Å². The molecule has 2 aliphatic heterocycles. The molecule has 0 radical (unpaired) electrons. The highest BCUT2D eigenvalue weighted by Gasteiger charge is 2.35. The van der Waals surface area contributed by atoms with Crippen LogP contribution in [0.1, 0.15) is 49.9 Å². The third-order valence-electron chi connectivity index (χ3n) is 12.1. The first-order valence-electron chi connectivity index (χ1n) is 22.6. The Kier molecular flexibility index (Phi) is 17.2. The standard InChI is InChI=1S/C25H27ClF3N3O3S.C24H25ClF3N3O3S/c1-15-13-31(8-9-35-21-10-17(4-6-19(21)26)11-23(33)34-3)14-16(2)32(15)24-30-20-7-5-18(25(27,28)29)12-22(20)36-24;1-14-12-30(7-8-34-20-9-16(10-22(32)33)3-5-18(20)25)13-15(2)31(14)23-29-19-6-4-17(24(26,27)28)11-21(19)35-23/h4-7,10,12,15-16H,8-9,11,13-14H2,1-3H3;3-6,9,11,14-15H,7-8,10,12-13H2,1-2H3,(H,32,33)/t15-,16+;14-,15+. The average Bonchev–Trinajstić information content (AvgIpc) is 3.91. The van der Waals surface area contributed by atoms with E-state index in [1.807, 2.05) is 0 Å². The number of carbonyl (C=O) groups excluding carboxylic acids is 1. The highest BCUT2D eigenvalue weighted by atomic mass is 35.5. The molecule has 12 nitrogen and oxygen atoms in total. The summed E-state index contributed by atoms with van der Waals surface area (Å²) in [7, 11) is 1.35. The molecule has 2 fully saturated rings. The van der Waals surface area contributed by atoms with E-state index in [4.69, 9.17) is 42.5 Å². The number of halogens is 8. The Morgan fingerprint density at radius 3 is 1.39 bits per heavy atom. The van der Waals surface area contributed by atoms with E-state index in [1.54, 1.807) is 36.4 Å². The van der Waals surface area contributed by atoms with E-state index in [1.165, 1.54) is 48.0 Å². The number of alkyl halides is 6. The SMILES string of the molecule is COC(=O)Cc1ccc(Cl)c(OCCN2C[C@@H](C)N(c3nc4ccc(C(F)(F)F)cc4s3)[C@@H](C)C2)c1.C[C@@H]1CN(CCOc2cc(CC(=O)O)ccc2Cl)C[C@H](C)N1c1nc2ccc(C(F)(F)F)cc2s1. The lowest BCUT2D eigenvalue weighted by molar-refractivity contribution is -0.140. The molecule has 2 aliphatic rings. The average molecular weight is 1070 g/mol. The molecule has 71 heavy (non-hydrogen) atoms.